The zero-order valence-corrected chi connectivity index (χ0v) is 22.4. The van der Waals surface area contributed by atoms with Crippen LogP contribution in [-0.4, -0.2) is 5.78 Å². The van der Waals surface area contributed by atoms with Gasteiger partial charge in [0.1, 0.15) is 5.78 Å². The minimum absolute atomic E-state index is 0.151. The molecule has 0 aromatic heterocycles. The molecule has 0 spiro atoms. The molecule has 0 unspecified atom stereocenters. The largest absolute Gasteiger partial charge is 0.299 e. The molecule has 4 rings (SSSR count). The van der Waals surface area contributed by atoms with Gasteiger partial charge in [-0.15, -0.1) is 0 Å². The summed E-state index contributed by atoms with van der Waals surface area (Å²) in [5, 5.41) is 0. The molecule has 1 heteroatoms. The van der Waals surface area contributed by atoms with Gasteiger partial charge in [-0.2, -0.15) is 0 Å². The van der Waals surface area contributed by atoms with E-state index in [1.165, 1.54) is 51.4 Å². The normalized spacial score (nSPS) is 41.6. The monoisotopic (exact) mass is 440 g/mol. The minimum Gasteiger partial charge on any atom is -0.299 e. The summed E-state index contributed by atoms with van der Waals surface area (Å²) in [7, 11) is 0. The van der Waals surface area contributed by atoms with Crippen molar-refractivity contribution in [2.24, 2.45) is 51.8 Å². The molecule has 4 aliphatic carbocycles. The molecule has 0 amide bonds. The molecule has 0 bridgehead atoms. The van der Waals surface area contributed by atoms with E-state index in [1.54, 1.807) is 5.57 Å². The van der Waals surface area contributed by atoms with Crippen molar-refractivity contribution < 1.29 is 4.79 Å². The Bertz CT molecular complexity index is 727. The maximum absolute atomic E-state index is 13.2. The number of Topliss-reactive ketones (excluding diaryl/α,β-unsaturated/α-hetero) is 1. The fourth-order valence-electron chi connectivity index (χ4n) is 9.97. The Morgan fingerprint density at radius 1 is 0.969 bits per heavy atom. The third kappa shape index (κ3) is 3.58. The van der Waals surface area contributed by atoms with Crippen LogP contribution in [0.5, 0.6) is 0 Å². The molecule has 32 heavy (non-hydrogen) atoms. The second-order valence-electron chi connectivity index (χ2n) is 13.4. The number of fused-ring (bicyclic) bond motifs is 5. The summed E-state index contributed by atoms with van der Waals surface area (Å²) in [6.07, 6.45) is 17.8. The summed E-state index contributed by atoms with van der Waals surface area (Å²) in [5.41, 5.74) is 2.25. The van der Waals surface area contributed by atoms with E-state index >= 15 is 0 Å². The molecule has 3 saturated carbocycles. The Hall–Kier alpha value is -0.590. The fourth-order valence-corrected chi connectivity index (χ4v) is 9.97. The lowest BCUT2D eigenvalue weighted by Crippen LogP contribution is -2.54. The average molecular weight is 441 g/mol. The lowest BCUT2D eigenvalue weighted by atomic mass is 9.43. The van der Waals surface area contributed by atoms with Gasteiger partial charge in [0.2, 0.25) is 0 Å². The van der Waals surface area contributed by atoms with E-state index in [-0.39, 0.29) is 10.8 Å². The van der Waals surface area contributed by atoms with E-state index < -0.39 is 0 Å². The Labute approximate surface area is 199 Å². The highest BCUT2D eigenvalue weighted by atomic mass is 16.1. The van der Waals surface area contributed by atoms with Crippen molar-refractivity contribution >= 4 is 5.78 Å². The van der Waals surface area contributed by atoms with Crippen LogP contribution in [0, 0.1) is 51.8 Å². The molecule has 0 aromatic carbocycles. The van der Waals surface area contributed by atoms with Crippen LogP contribution in [0.25, 0.3) is 0 Å². The molecule has 0 aliphatic heterocycles. The van der Waals surface area contributed by atoms with E-state index in [1.807, 2.05) is 0 Å². The van der Waals surface area contributed by atoms with Crippen molar-refractivity contribution in [2.75, 3.05) is 0 Å². The zero-order chi connectivity index (χ0) is 23.3. The van der Waals surface area contributed by atoms with Crippen LogP contribution in [0.1, 0.15) is 126 Å². The van der Waals surface area contributed by atoms with Gasteiger partial charge in [0, 0.05) is 11.8 Å². The number of hydrogen-bond donors (Lipinski definition) is 0. The molecule has 182 valence electrons. The van der Waals surface area contributed by atoms with Gasteiger partial charge < -0.3 is 0 Å². The number of hydrogen-bond acceptors (Lipinski definition) is 1. The van der Waals surface area contributed by atoms with E-state index in [9.17, 15) is 4.79 Å². The summed E-state index contributed by atoms with van der Waals surface area (Å²) in [6, 6.07) is 0. The first-order valence-corrected chi connectivity index (χ1v) is 14.4. The summed E-state index contributed by atoms with van der Waals surface area (Å²) in [6.45, 7) is 17.1. The smallest absolute Gasteiger partial charge is 0.143 e. The van der Waals surface area contributed by atoms with Crippen LogP contribution in [-0.2, 0) is 4.79 Å². The molecule has 0 radical (unpaired) electrons. The van der Waals surface area contributed by atoms with Gasteiger partial charge in [-0.05, 0) is 97.7 Å². The topological polar surface area (TPSA) is 17.1 Å². The van der Waals surface area contributed by atoms with Crippen molar-refractivity contribution in [3.8, 4) is 0 Å². The van der Waals surface area contributed by atoms with E-state index in [0.717, 1.165) is 61.2 Å². The third-order valence-corrected chi connectivity index (χ3v) is 11.8. The molecule has 0 heterocycles. The molecule has 3 fully saturated rings. The van der Waals surface area contributed by atoms with Crippen molar-refractivity contribution in [1.29, 1.82) is 0 Å². The van der Waals surface area contributed by atoms with Gasteiger partial charge in [-0.3, -0.25) is 4.79 Å². The van der Waals surface area contributed by atoms with Gasteiger partial charge >= 0.3 is 0 Å². The van der Waals surface area contributed by atoms with Gasteiger partial charge in [0.05, 0.1) is 0 Å². The summed E-state index contributed by atoms with van der Waals surface area (Å²) in [5.74, 6) is 5.76. The second-order valence-corrected chi connectivity index (χ2v) is 13.4. The van der Waals surface area contributed by atoms with Gasteiger partial charge in [0.25, 0.3) is 0 Å². The first kappa shape index (κ1) is 24.5. The van der Waals surface area contributed by atoms with Crippen LogP contribution in [0.2, 0.25) is 0 Å². The predicted octanol–water partition coefficient (Wildman–Crippen LogP) is 9.01. The van der Waals surface area contributed by atoms with Crippen LogP contribution in [0.3, 0.4) is 0 Å². The highest BCUT2D eigenvalue weighted by Gasteiger charge is 2.62. The maximum atomic E-state index is 13.2. The van der Waals surface area contributed by atoms with Crippen LogP contribution < -0.4 is 0 Å². The second kappa shape index (κ2) is 8.88. The van der Waals surface area contributed by atoms with Crippen molar-refractivity contribution in [1.82, 2.24) is 0 Å². The lowest BCUT2D eigenvalue weighted by Gasteiger charge is -2.61. The molecule has 1 nitrogen and oxygen atoms in total. The number of rotatable bonds is 7. The maximum Gasteiger partial charge on any atom is 0.143 e. The van der Waals surface area contributed by atoms with Gasteiger partial charge in [-0.25, -0.2) is 0 Å². The average Bonchev–Trinajstić information content (AvgIpc) is 3.11. The Kier molecular flexibility index (Phi) is 6.81. The Balaban J connectivity index is 1.57. The van der Waals surface area contributed by atoms with Crippen molar-refractivity contribution in [3.05, 3.63) is 11.6 Å². The van der Waals surface area contributed by atoms with Crippen LogP contribution in [0.4, 0.5) is 0 Å². The molecular weight excluding hydrogens is 388 g/mol. The summed E-state index contributed by atoms with van der Waals surface area (Å²) < 4.78 is 0. The summed E-state index contributed by atoms with van der Waals surface area (Å²) in [4.78, 5) is 13.2. The number of carbonyl (C=O) groups is 1. The predicted molar refractivity (Wildman–Crippen MR) is 136 cm³/mol. The summed E-state index contributed by atoms with van der Waals surface area (Å²) >= 11 is 0. The molecule has 4 aliphatic rings. The minimum atomic E-state index is -0.151. The van der Waals surface area contributed by atoms with Crippen molar-refractivity contribution in [3.63, 3.8) is 0 Å². The zero-order valence-electron chi connectivity index (χ0n) is 22.4. The lowest BCUT2D eigenvalue weighted by molar-refractivity contribution is -0.134. The SMILES string of the molecule is CCC1(CC)C(=O)CC[C@@]2(C)C1=CC[C@@H]1[C@H]3CC[C@@H]([C@@H](C)CCCC(C)C)[C@]3(C)CC[C@H]12. The quantitative estimate of drug-likeness (QED) is 0.361. The molecule has 7 atom stereocenters. The highest BCUT2D eigenvalue weighted by Crippen LogP contribution is 2.69. The molecule has 0 N–H and O–H groups in total. The Morgan fingerprint density at radius 3 is 2.34 bits per heavy atom. The van der Waals surface area contributed by atoms with Crippen LogP contribution >= 0.6 is 0 Å². The van der Waals surface area contributed by atoms with E-state index in [4.69, 9.17) is 0 Å². The molecular formula is C31H52O. The standard InChI is InChI=1S/C31H52O/c1-8-31(9-2)27-16-13-23-25-15-14-24(22(5)12-10-11-21(3)4)29(25,6)19-17-26(23)30(27,7)20-18-28(31)32/h16,21-26H,8-15,17-20H2,1-7H3/t22-,23+,24-,25+,26+,29-,30+/m0/s1. The first-order valence-electron chi connectivity index (χ1n) is 14.4. The van der Waals surface area contributed by atoms with Crippen molar-refractivity contribution in [2.45, 2.75) is 126 Å². The highest BCUT2D eigenvalue weighted by molar-refractivity contribution is 5.89. The fraction of sp³-hybridized carbons (Fsp3) is 0.903. The molecule has 0 saturated heterocycles. The van der Waals surface area contributed by atoms with E-state index in [0.29, 0.717) is 11.2 Å². The van der Waals surface area contributed by atoms with Gasteiger partial charge in [0.15, 0.2) is 0 Å². The number of allylic oxidation sites excluding steroid dienone is 2. The van der Waals surface area contributed by atoms with E-state index in [2.05, 4.69) is 54.5 Å². The third-order valence-electron chi connectivity index (χ3n) is 11.8. The van der Waals surface area contributed by atoms with Gasteiger partial charge in [-0.1, -0.05) is 79.4 Å². The first-order chi connectivity index (χ1) is 15.1. The Morgan fingerprint density at radius 2 is 1.69 bits per heavy atom. The number of carbonyl (C=O) groups excluding carboxylic acids is 1. The number of ketones is 1. The van der Waals surface area contributed by atoms with Crippen LogP contribution in [0.15, 0.2) is 11.6 Å². The molecule has 0 aromatic rings.